The minimum Gasteiger partial charge on any atom is -0.263 e. The first kappa shape index (κ1) is 14.8. The van der Waals surface area contributed by atoms with Gasteiger partial charge in [0.25, 0.3) is 0 Å². The van der Waals surface area contributed by atoms with Crippen LogP contribution in [-0.4, -0.2) is 37.3 Å². The van der Waals surface area contributed by atoms with Gasteiger partial charge in [0, 0.05) is 4.75 Å². The molecule has 20 heavy (non-hydrogen) atoms. The van der Waals surface area contributed by atoms with Crippen molar-refractivity contribution in [3.63, 3.8) is 0 Å². The lowest BCUT2D eigenvalue weighted by Gasteiger charge is -2.34. The summed E-state index contributed by atoms with van der Waals surface area (Å²) in [6.45, 7) is 7.43. The molecule has 0 saturated carbocycles. The zero-order valence-corrected chi connectivity index (χ0v) is 12.9. The zero-order chi connectivity index (χ0) is 15.1. The van der Waals surface area contributed by atoms with Crippen LogP contribution in [0.15, 0.2) is 24.3 Å². The monoisotopic (exact) mass is 294 g/mol. The molecular formula is C14H18N2O3S. The Morgan fingerprint density at radius 2 is 1.80 bits per heavy atom. The Morgan fingerprint density at radius 3 is 2.30 bits per heavy atom. The summed E-state index contributed by atoms with van der Waals surface area (Å²) in [6.07, 6.45) is 7.82. The minimum atomic E-state index is -0.772. The van der Waals surface area contributed by atoms with Gasteiger partial charge in [0.1, 0.15) is 0 Å². The van der Waals surface area contributed by atoms with Crippen molar-refractivity contribution in [3.05, 3.63) is 24.3 Å². The van der Waals surface area contributed by atoms with Crippen molar-refractivity contribution in [2.75, 3.05) is 0 Å². The van der Waals surface area contributed by atoms with E-state index in [1.165, 1.54) is 0 Å². The van der Waals surface area contributed by atoms with Gasteiger partial charge in [-0.05, 0) is 46.1 Å². The summed E-state index contributed by atoms with van der Waals surface area (Å²) in [4.78, 5) is 37.7. The number of imide groups is 2. The summed E-state index contributed by atoms with van der Waals surface area (Å²) in [6, 6.07) is -0.553. The molecule has 1 heterocycles. The maximum atomic E-state index is 12.4. The number of nitrogens with zero attached hydrogens (tertiary/aromatic N) is 2. The number of rotatable bonds is 2. The molecule has 0 radical (unpaired) electrons. The molecule has 108 valence electrons. The average molecular weight is 294 g/mol. The largest absolute Gasteiger partial charge is 0.345 e. The second kappa shape index (κ2) is 4.77. The highest BCUT2D eigenvalue weighted by Crippen LogP contribution is 2.36. The molecule has 2 aliphatic rings. The molecule has 0 aromatic rings. The third kappa shape index (κ3) is 2.52. The van der Waals surface area contributed by atoms with Crippen molar-refractivity contribution in [3.8, 4) is 0 Å². The van der Waals surface area contributed by atoms with E-state index in [9.17, 15) is 14.4 Å². The molecule has 0 aromatic carbocycles. The first-order chi connectivity index (χ1) is 9.16. The van der Waals surface area contributed by atoms with E-state index in [2.05, 4.69) is 0 Å². The molecule has 4 amide bonds. The highest BCUT2D eigenvalue weighted by Gasteiger charge is 2.52. The Hall–Kier alpha value is -1.56. The molecule has 1 unspecified atom stereocenters. The molecule has 6 heteroatoms. The first-order valence-electron chi connectivity index (χ1n) is 6.42. The van der Waals surface area contributed by atoms with Gasteiger partial charge in [-0.1, -0.05) is 24.3 Å². The first-order valence-corrected chi connectivity index (χ1v) is 7.19. The fraction of sp³-hybridized carbons (Fsp3) is 0.500. The Morgan fingerprint density at radius 1 is 1.15 bits per heavy atom. The van der Waals surface area contributed by atoms with Gasteiger partial charge in [0.15, 0.2) is 0 Å². The molecule has 1 aliphatic carbocycles. The Kier molecular flexibility index (Phi) is 3.54. The summed E-state index contributed by atoms with van der Waals surface area (Å²) in [5.41, 5.74) is -0.772. The van der Waals surface area contributed by atoms with Crippen molar-refractivity contribution in [1.82, 2.24) is 9.21 Å². The van der Waals surface area contributed by atoms with Gasteiger partial charge in [0.2, 0.25) is 0 Å². The number of amides is 4. The van der Waals surface area contributed by atoms with Gasteiger partial charge in [0.05, 0.1) is 5.54 Å². The van der Waals surface area contributed by atoms with E-state index in [0.29, 0.717) is 6.42 Å². The number of hydrogen-bond acceptors (Lipinski definition) is 4. The van der Waals surface area contributed by atoms with Crippen molar-refractivity contribution < 1.29 is 14.4 Å². The van der Waals surface area contributed by atoms with Crippen LogP contribution in [0.4, 0.5) is 4.79 Å². The van der Waals surface area contributed by atoms with Gasteiger partial charge in [-0.15, -0.1) is 0 Å². The molecule has 1 aliphatic heterocycles. The zero-order valence-electron chi connectivity index (χ0n) is 12.0. The molecule has 2 rings (SSSR count). The van der Waals surface area contributed by atoms with Gasteiger partial charge >= 0.3 is 17.8 Å². The van der Waals surface area contributed by atoms with Gasteiger partial charge in [-0.3, -0.25) is 9.59 Å². The topological polar surface area (TPSA) is 57.7 Å². The third-order valence-electron chi connectivity index (χ3n) is 3.05. The second-order valence-electron chi connectivity index (χ2n) is 6.07. The average Bonchev–Trinajstić information content (AvgIpc) is 2.53. The number of carbonyl (C=O) groups excluding carboxylic acids is 3. The highest BCUT2D eigenvalue weighted by molar-refractivity contribution is 7.99. The highest BCUT2D eigenvalue weighted by atomic mass is 32.2. The second-order valence-corrected chi connectivity index (χ2v) is 7.85. The van der Waals surface area contributed by atoms with Crippen LogP contribution >= 0.6 is 11.9 Å². The van der Waals surface area contributed by atoms with E-state index in [1.807, 2.05) is 32.9 Å². The third-order valence-corrected chi connectivity index (χ3v) is 4.10. The smallest absolute Gasteiger partial charge is 0.263 e. The van der Waals surface area contributed by atoms with Gasteiger partial charge in [-0.25, -0.2) is 9.69 Å². The molecule has 0 bridgehead atoms. The lowest BCUT2D eigenvalue weighted by molar-refractivity contribution is -0.143. The molecule has 0 aromatic heterocycles. The fourth-order valence-corrected chi connectivity index (χ4v) is 3.00. The molecular weight excluding hydrogens is 276 g/mol. The summed E-state index contributed by atoms with van der Waals surface area (Å²) in [5, 5.41) is 0. The SMILES string of the molecule is CC(C)(C)SN1C(=O)C(=O)N(C2(C)C=CC=CC2)C1=O. The predicted octanol–water partition coefficient (Wildman–Crippen LogP) is 2.50. The summed E-state index contributed by atoms with van der Waals surface area (Å²) >= 11 is 1.08. The summed E-state index contributed by atoms with van der Waals surface area (Å²) in [7, 11) is 0. The van der Waals surface area contributed by atoms with E-state index in [-0.39, 0.29) is 4.75 Å². The van der Waals surface area contributed by atoms with Crippen LogP contribution in [0.2, 0.25) is 0 Å². The fourth-order valence-electron chi connectivity index (χ4n) is 2.13. The molecule has 1 atom stereocenters. The standard InChI is InChI=1S/C14H18N2O3S/c1-13(2,3)20-16-11(18)10(17)15(12(16)19)14(4)8-6-5-7-9-14/h5-8H,9H2,1-4H3. The van der Waals surface area contributed by atoms with Crippen LogP contribution in [0.3, 0.4) is 0 Å². The van der Waals surface area contributed by atoms with Gasteiger partial charge in [-0.2, -0.15) is 4.31 Å². The van der Waals surface area contributed by atoms with E-state index < -0.39 is 23.4 Å². The molecule has 1 saturated heterocycles. The van der Waals surface area contributed by atoms with E-state index in [1.54, 1.807) is 19.1 Å². The number of hydrogen-bond donors (Lipinski definition) is 0. The van der Waals surface area contributed by atoms with Crippen molar-refractivity contribution in [2.24, 2.45) is 0 Å². The number of carbonyl (C=O) groups is 3. The van der Waals surface area contributed by atoms with E-state index in [0.717, 1.165) is 21.2 Å². The van der Waals surface area contributed by atoms with Crippen molar-refractivity contribution in [2.45, 2.75) is 44.4 Å². The Labute approximate surface area is 122 Å². The Bertz CT molecular complexity index is 533. The van der Waals surface area contributed by atoms with Gasteiger partial charge < -0.3 is 0 Å². The van der Waals surface area contributed by atoms with Crippen LogP contribution in [0.1, 0.15) is 34.1 Å². The van der Waals surface area contributed by atoms with Crippen LogP contribution in [0, 0.1) is 0 Å². The maximum Gasteiger partial charge on any atom is 0.345 e. The summed E-state index contributed by atoms with van der Waals surface area (Å²) in [5.74, 6) is -1.52. The van der Waals surface area contributed by atoms with E-state index in [4.69, 9.17) is 0 Å². The Balaban J connectivity index is 2.31. The van der Waals surface area contributed by atoms with Crippen molar-refractivity contribution >= 4 is 29.8 Å². The van der Waals surface area contributed by atoms with Crippen LogP contribution < -0.4 is 0 Å². The maximum absolute atomic E-state index is 12.4. The molecule has 0 spiro atoms. The summed E-state index contributed by atoms with van der Waals surface area (Å²) < 4.78 is 0.643. The van der Waals surface area contributed by atoms with Crippen molar-refractivity contribution in [1.29, 1.82) is 0 Å². The lowest BCUT2D eigenvalue weighted by Crippen LogP contribution is -2.49. The molecule has 1 fully saturated rings. The van der Waals surface area contributed by atoms with Crippen LogP contribution in [-0.2, 0) is 9.59 Å². The predicted molar refractivity (Wildman–Crippen MR) is 77.7 cm³/mol. The normalized spacial score (nSPS) is 26.9. The molecule has 0 N–H and O–H groups in total. The molecule has 5 nitrogen and oxygen atoms in total. The quantitative estimate of drug-likeness (QED) is 0.446. The lowest BCUT2D eigenvalue weighted by atomic mass is 9.92. The minimum absolute atomic E-state index is 0.329. The number of allylic oxidation sites excluding steroid dienone is 2. The van der Waals surface area contributed by atoms with Crippen LogP contribution in [0.25, 0.3) is 0 Å². The number of urea groups is 1. The van der Waals surface area contributed by atoms with Crippen LogP contribution in [0.5, 0.6) is 0 Å². The van der Waals surface area contributed by atoms with E-state index >= 15 is 0 Å².